The lowest BCUT2D eigenvalue weighted by atomic mass is 9.87. The second-order valence-corrected chi connectivity index (χ2v) is 10.0. The zero-order chi connectivity index (χ0) is 22.8. The number of aromatic nitrogens is 3. The number of anilines is 2. The first-order valence-electron chi connectivity index (χ1n) is 10.8. The standard InChI is InChI=1S/C23H34N6OS/c1-14-13-25-22(28-20(14)29(5)6)27-16-9-7-15(8-10-16)26-21(30)18-17(31)11-12-24-19(18)23(2,3)4/h11-13,15-16H,7-10H2,1-6H3,(H,24,31)(H,26,30)(H,25,27,28)/t15-,16+. The Bertz CT molecular complexity index is 932. The summed E-state index contributed by atoms with van der Waals surface area (Å²) in [6, 6.07) is 2.22. The van der Waals surface area contributed by atoms with Crippen molar-refractivity contribution < 1.29 is 4.79 Å². The first kappa shape index (κ1) is 23.3. The van der Waals surface area contributed by atoms with E-state index in [9.17, 15) is 4.79 Å². The van der Waals surface area contributed by atoms with E-state index in [1.807, 2.05) is 32.1 Å². The van der Waals surface area contributed by atoms with Crippen LogP contribution in [0.2, 0.25) is 0 Å². The summed E-state index contributed by atoms with van der Waals surface area (Å²) in [4.78, 5) is 29.3. The average Bonchev–Trinajstić information content (AvgIpc) is 2.69. The molecule has 2 heterocycles. The highest BCUT2D eigenvalue weighted by Crippen LogP contribution is 2.29. The summed E-state index contributed by atoms with van der Waals surface area (Å²) < 4.78 is 0. The van der Waals surface area contributed by atoms with Crippen LogP contribution in [0.3, 0.4) is 0 Å². The first-order valence-corrected chi connectivity index (χ1v) is 11.3. The van der Waals surface area contributed by atoms with E-state index in [1.54, 1.807) is 12.3 Å². The maximum atomic E-state index is 13.1. The highest BCUT2D eigenvalue weighted by Gasteiger charge is 2.28. The highest BCUT2D eigenvalue weighted by atomic mass is 32.1. The van der Waals surface area contributed by atoms with Crippen LogP contribution in [0.15, 0.2) is 23.4 Å². The van der Waals surface area contributed by atoms with E-state index < -0.39 is 0 Å². The van der Waals surface area contributed by atoms with Crippen LogP contribution in [0.1, 0.15) is 68.1 Å². The van der Waals surface area contributed by atoms with Crippen LogP contribution in [-0.4, -0.2) is 47.0 Å². The predicted octanol–water partition coefficient (Wildman–Crippen LogP) is 3.99. The largest absolute Gasteiger partial charge is 0.362 e. The number of amides is 1. The number of carbonyl (C=O) groups is 1. The Hall–Kier alpha value is -2.35. The van der Waals surface area contributed by atoms with Crippen molar-refractivity contribution in [1.29, 1.82) is 0 Å². The average molecular weight is 443 g/mol. The maximum absolute atomic E-state index is 13.1. The molecule has 0 saturated heterocycles. The normalized spacial score (nSPS) is 19.1. The minimum atomic E-state index is -0.230. The third-order valence-corrected chi connectivity index (χ3v) is 6.00. The number of thiol groups is 1. The number of carbonyl (C=O) groups excluding carboxylic acids is 1. The number of pyridine rings is 1. The molecule has 0 aliphatic heterocycles. The van der Waals surface area contributed by atoms with Crippen molar-refractivity contribution >= 4 is 30.3 Å². The number of aryl methyl sites for hydroxylation is 1. The molecule has 0 spiro atoms. The van der Waals surface area contributed by atoms with E-state index >= 15 is 0 Å². The number of hydrogen-bond donors (Lipinski definition) is 3. The molecule has 1 aliphatic rings. The van der Waals surface area contributed by atoms with Gasteiger partial charge in [-0.3, -0.25) is 9.78 Å². The summed E-state index contributed by atoms with van der Waals surface area (Å²) in [5.41, 5.74) is 2.19. The third-order valence-electron chi connectivity index (χ3n) is 5.63. The van der Waals surface area contributed by atoms with Crippen molar-refractivity contribution in [3.05, 3.63) is 35.3 Å². The van der Waals surface area contributed by atoms with Gasteiger partial charge in [0.2, 0.25) is 5.95 Å². The number of hydrogen-bond acceptors (Lipinski definition) is 7. The van der Waals surface area contributed by atoms with E-state index in [2.05, 4.69) is 59.0 Å². The lowest BCUT2D eigenvalue weighted by Crippen LogP contribution is -2.41. The molecule has 7 nitrogen and oxygen atoms in total. The van der Waals surface area contributed by atoms with E-state index in [4.69, 9.17) is 0 Å². The molecular formula is C23H34N6OS. The Kier molecular flexibility index (Phi) is 7.09. The molecular weight excluding hydrogens is 408 g/mol. The number of nitrogens with zero attached hydrogens (tertiary/aromatic N) is 4. The zero-order valence-electron chi connectivity index (χ0n) is 19.4. The van der Waals surface area contributed by atoms with Gasteiger partial charge in [0.25, 0.3) is 5.91 Å². The van der Waals surface area contributed by atoms with Crippen molar-refractivity contribution in [2.75, 3.05) is 24.3 Å². The van der Waals surface area contributed by atoms with Crippen LogP contribution in [0, 0.1) is 6.92 Å². The number of rotatable bonds is 5. The summed E-state index contributed by atoms with van der Waals surface area (Å²) in [6.07, 6.45) is 7.28. The van der Waals surface area contributed by atoms with Crippen molar-refractivity contribution in [3.8, 4) is 0 Å². The van der Waals surface area contributed by atoms with Crippen LogP contribution in [0.25, 0.3) is 0 Å². The molecule has 168 valence electrons. The SMILES string of the molecule is Cc1cnc(N[C@H]2CC[C@@H](NC(=O)c3c(S)ccnc3C(C)(C)C)CC2)nc1N(C)C. The topological polar surface area (TPSA) is 83.0 Å². The van der Waals surface area contributed by atoms with E-state index in [1.165, 1.54) is 0 Å². The van der Waals surface area contributed by atoms with Gasteiger partial charge >= 0.3 is 0 Å². The molecule has 0 radical (unpaired) electrons. The Balaban J connectivity index is 1.60. The molecule has 0 atom stereocenters. The maximum Gasteiger partial charge on any atom is 0.254 e. The van der Waals surface area contributed by atoms with Crippen molar-refractivity contribution in [2.45, 2.75) is 75.8 Å². The van der Waals surface area contributed by atoms with Crippen LogP contribution < -0.4 is 15.5 Å². The molecule has 8 heteroatoms. The highest BCUT2D eigenvalue weighted by molar-refractivity contribution is 7.80. The summed E-state index contributed by atoms with van der Waals surface area (Å²) in [5, 5.41) is 6.67. The predicted molar refractivity (Wildman–Crippen MR) is 128 cm³/mol. The minimum Gasteiger partial charge on any atom is -0.362 e. The van der Waals surface area contributed by atoms with E-state index in [0.29, 0.717) is 22.4 Å². The van der Waals surface area contributed by atoms with Gasteiger partial charge in [-0.2, -0.15) is 4.98 Å². The van der Waals surface area contributed by atoms with Gasteiger partial charge in [0.1, 0.15) is 5.82 Å². The fourth-order valence-corrected chi connectivity index (χ4v) is 4.30. The van der Waals surface area contributed by atoms with Crippen LogP contribution in [0.4, 0.5) is 11.8 Å². The van der Waals surface area contributed by atoms with Crippen molar-refractivity contribution in [2.24, 2.45) is 0 Å². The van der Waals surface area contributed by atoms with Gasteiger partial charge in [0.05, 0.1) is 11.3 Å². The van der Waals surface area contributed by atoms with E-state index in [0.717, 1.165) is 42.8 Å². The molecule has 0 bridgehead atoms. The van der Waals surface area contributed by atoms with Crippen LogP contribution in [0.5, 0.6) is 0 Å². The Morgan fingerprint density at radius 3 is 2.39 bits per heavy atom. The number of nitrogens with one attached hydrogen (secondary N) is 2. The lowest BCUT2D eigenvalue weighted by molar-refractivity contribution is 0.0920. The summed E-state index contributed by atoms with van der Waals surface area (Å²) in [5.74, 6) is 1.50. The molecule has 1 saturated carbocycles. The fraction of sp³-hybridized carbons (Fsp3) is 0.565. The first-order chi connectivity index (χ1) is 14.6. The molecule has 0 unspecified atom stereocenters. The van der Waals surface area contributed by atoms with Gasteiger partial charge in [-0.15, -0.1) is 12.6 Å². The molecule has 31 heavy (non-hydrogen) atoms. The van der Waals surface area contributed by atoms with Gasteiger partial charge in [-0.25, -0.2) is 4.98 Å². The summed E-state index contributed by atoms with van der Waals surface area (Å²) in [6.45, 7) is 8.19. The molecule has 1 amide bonds. The molecule has 2 aromatic heterocycles. The second-order valence-electron chi connectivity index (χ2n) is 9.56. The summed E-state index contributed by atoms with van der Waals surface area (Å²) in [7, 11) is 3.97. The van der Waals surface area contributed by atoms with Crippen molar-refractivity contribution in [3.63, 3.8) is 0 Å². The fourth-order valence-electron chi connectivity index (χ4n) is 4.02. The van der Waals surface area contributed by atoms with Gasteiger partial charge in [0, 0.05) is 54.4 Å². The molecule has 1 fully saturated rings. The van der Waals surface area contributed by atoms with E-state index in [-0.39, 0.29) is 17.4 Å². The monoisotopic (exact) mass is 442 g/mol. The van der Waals surface area contributed by atoms with Crippen LogP contribution in [-0.2, 0) is 5.41 Å². The summed E-state index contributed by atoms with van der Waals surface area (Å²) >= 11 is 4.53. The van der Waals surface area contributed by atoms with Crippen LogP contribution >= 0.6 is 12.6 Å². The Morgan fingerprint density at radius 1 is 1.13 bits per heavy atom. The van der Waals surface area contributed by atoms with Gasteiger partial charge in [-0.1, -0.05) is 20.8 Å². The third kappa shape index (κ3) is 5.67. The molecule has 0 aromatic carbocycles. The molecule has 3 rings (SSSR count). The minimum absolute atomic E-state index is 0.0862. The quantitative estimate of drug-likeness (QED) is 0.608. The van der Waals surface area contributed by atoms with Crippen molar-refractivity contribution in [1.82, 2.24) is 20.3 Å². The second kappa shape index (κ2) is 9.42. The molecule has 2 aromatic rings. The Labute approximate surface area is 190 Å². The van der Waals surface area contributed by atoms with Gasteiger partial charge in [0.15, 0.2) is 0 Å². The molecule has 1 aliphatic carbocycles. The smallest absolute Gasteiger partial charge is 0.254 e. The lowest BCUT2D eigenvalue weighted by Gasteiger charge is -2.30. The Morgan fingerprint density at radius 2 is 1.77 bits per heavy atom. The van der Waals surface area contributed by atoms with Gasteiger partial charge in [-0.05, 0) is 38.7 Å². The zero-order valence-corrected chi connectivity index (χ0v) is 20.3. The van der Waals surface area contributed by atoms with Gasteiger partial charge < -0.3 is 15.5 Å². The molecule has 2 N–H and O–H groups in total.